The van der Waals surface area contributed by atoms with Gasteiger partial charge in [-0.2, -0.15) is 0 Å². The number of thiophene rings is 1. The Morgan fingerprint density at radius 1 is 1.44 bits per heavy atom. The molecule has 132 valence electrons. The highest BCUT2D eigenvalue weighted by molar-refractivity contribution is 7.99. The summed E-state index contributed by atoms with van der Waals surface area (Å²) in [4.78, 5) is 18.3. The molecule has 0 fully saturated rings. The SMILES string of the molecule is CC(C)c1nc2sc3c(c2c2nnc(SCC(=O)O)n12)CC[C@@H](C)C3. The fraction of sp³-hybridized carbons (Fsp3) is 0.529. The Kier molecular flexibility index (Phi) is 4.19. The van der Waals surface area contributed by atoms with Crippen molar-refractivity contribution < 1.29 is 9.90 Å². The van der Waals surface area contributed by atoms with E-state index in [1.807, 2.05) is 4.40 Å². The van der Waals surface area contributed by atoms with Gasteiger partial charge in [-0.25, -0.2) is 4.98 Å². The van der Waals surface area contributed by atoms with Crippen LogP contribution in [0.5, 0.6) is 0 Å². The van der Waals surface area contributed by atoms with Gasteiger partial charge in [-0.3, -0.25) is 9.20 Å². The topological polar surface area (TPSA) is 80.4 Å². The minimum absolute atomic E-state index is 0.0321. The number of nitrogens with zero attached hydrogens (tertiary/aromatic N) is 4. The number of carbonyl (C=O) groups is 1. The van der Waals surface area contributed by atoms with Crippen LogP contribution in [0, 0.1) is 5.92 Å². The molecule has 1 N–H and O–H groups in total. The third-order valence-corrected chi connectivity index (χ3v) is 6.70. The van der Waals surface area contributed by atoms with Crippen molar-refractivity contribution in [2.45, 2.75) is 51.1 Å². The summed E-state index contributed by atoms with van der Waals surface area (Å²) in [5, 5.41) is 19.4. The van der Waals surface area contributed by atoms with Gasteiger partial charge in [0, 0.05) is 10.8 Å². The van der Waals surface area contributed by atoms with Gasteiger partial charge >= 0.3 is 5.97 Å². The van der Waals surface area contributed by atoms with Crippen LogP contribution in [0.4, 0.5) is 0 Å². The quantitative estimate of drug-likeness (QED) is 0.698. The fourth-order valence-electron chi connectivity index (χ4n) is 3.45. The molecule has 3 aromatic rings. The zero-order valence-electron chi connectivity index (χ0n) is 14.4. The van der Waals surface area contributed by atoms with Crippen molar-refractivity contribution in [3.8, 4) is 0 Å². The number of fused-ring (bicyclic) bond motifs is 5. The second-order valence-electron chi connectivity index (χ2n) is 6.98. The minimum Gasteiger partial charge on any atom is -0.481 e. The van der Waals surface area contributed by atoms with Gasteiger partial charge in [0.15, 0.2) is 10.8 Å². The fourth-order valence-corrected chi connectivity index (χ4v) is 5.49. The number of aromatic nitrogens is 4. The largest absolute Gasteiger partial charge is 0.481 e. The van der Waals surface area contributed by atoms with Gasteiger partial charge < -0.3 is 5.11 Å². The van der Waals surface area contributed by atoms with E-state index in [0.717, 1.165) is 34.5 Å². The lowest BCUT2D eigenvalue weighted by molar-refractivity contribution is -0.133. The maximum Gasteiger partial charge on any atom is 0.313 e. The third-order valence-electron chi connectivity index (χ3n) is 4.64. The number of aliphatic carboxylic acids is 1. The average Bonchev–Trinajstić information content (AvgIpc) is 3.11. The van der Waals surface area contributed by atoms with Gasteiger partial charge in [-0.05, 0) is 30.7 Å². The smallest absolute Gasteiger partial charge is 0.313 e. The molecular weight excluding hydrogens is 356 g/mol. The standard InChI is InChI=1S/C17H20N4O2S2/c1-8(2)14-18-16-13(10-5-4-9(3)6-11(10)25-16)15-19-20-17(21(14)15)24-7-12(22)23/h8-9H,4-7H2,1-3H3,(H,22,23)/t9-/m1/s1. The van der Waals surface area contributed by atoms with Gasteiger partial charge in [0.05, 0.1) is 11.1 Å². The van der Waals surface area contributed by atoms with Gasteiger partial charge in [0.25, 0.3) is 0 Å². The first-order valence-electron chi connectivity index (χ1n) is 8.49. The van der Waals surface area contributed by atoms with Crippen molar-refractivity contribution in [2.75, 3.05) is 5.75 Å². The van der Waals surface area contributed by atoms with Crippen molar-refractivity contribution in [3.05, 3.63) is 16.3 Å². The van der Waals surface area contributed by atoms with Crippen LogP contribution in [-0.2, 0) is 17.6 Å². The van der Waals surface area contributed by atoms with Crippen LogP contribution in [0.25, 0.3) is 15.9 Å². The lowest BCUT2D eigenvalue weighted by Crippen LogP contribution is -2.09. The van der Waals surface area contributed by atoms with Crippen LogP contribution in [0.15, 0.2) is 5.16 Å². The van der Waals surface area contributed by atoms with Crippen molar-refractivity contribution in [3.63, 3.8) is 0 Å². The van der Waals surface area contributed by atoms with E-state index in [9.17, 15) is 4.79 Å². The molecule has 0 bridgehead atoms. The van der Waals surface area contributed by atoms with E-state index in [2.05, 4.69) is 31.0 Å². The molecule has 0 radical (unpaired) electrons. The zero-order valence-corrected chi connectivity index (χ0v) is 16.1. The van der Waals surface area contributed by atoms with Crippen molar-refractivity contribution in [1.29, 1.82) is 0 Å². The number of carboxylic acid groups (broad SMARTS) is 1. The Morgan fingerprint density at radius 2 is 2.24 bits per heavy atom. The predicted octanol–water partition coefficient (Wildman–Crippen LogP) is 3.76. The van der Waals surface area contributed by atoms with Gasteiger partial charge in [0.1, 0.15) is 10.7 Å². The summed E-state index contributed by atoms with van der Waals surface area (Å²) in [5.74, 6) is 0.914. The molecule has 1 atom stereocenters. The number of rotatable bonds is 4. The maximum absolute atomic E-state index is 11.0. The molecule has 6 nitrogen and oxygen atoms in total. The molecular formula is C17H20N4O2S2. The summed E-state index contributed by atoms with van der Waals surface area (Å²) in [6.45, 7) is 6.48. The van der Waals surface area contributed by atoms with Crippen molar-refractivity contribution in [1.82, 2.24) is 19.6 Å². The number of aryl methyl sites for hydroxylation is 1. The second-order valence-corrected chi connectivity index (χ2v) is 9.01. The first kappa shape index (κ1) is 16.8. The number of hydrogen-bond donors (Lipinski definition) is 1. The Balaban J connectivity index is 1.97. The molecule has 0 aromatic carbocycles. The summed E-state index contributed by atoms with van der Waals surface area (Å²) >= 11 is 2.98. The van der Waals surface area contributed by atoms with Crippen LogP contribution in [0.1, 0.15) is 49.4 Å². The van der Waals surface area contributed by atoms with E-state index in [1.54, 1.807) is 11.3 Å². The molecule has 3 heterocycles. The molecule has 1 aliphatic rings. The van der Waals surface area contributed by atoms with Gasteiger partial charge in [-0.1, -0.05) is 32.5 Å². The summed E-state index contributed by atoms with van der Waals surface area (Å²) in [6, 6.07) is 0. The molecule has 0 saturated carbocycles. The van der Waals surface area contributed by atoms with Crippen LogP contribution in [-0.4, -0.2) is 36.4 Å². The van der Waals surface area contributed by atoms with E-state index >= 15 is 0 Å². The molecule has 25 heavy (non-hydrogen) atoms. The summed E-state index contributed by atoms with van der Waals surface area (Å²) in [5.41, 5.74) is 2.20. The molecule has 4 rings (SSSR count). The highest BCUT2D eigenvalue weighted by atomic mass is 32.2. The van der Waals surface area contributed by atoms with Crippen LogP contribution in [0.3, 0.4) is 0 Å². The average molecular weight is 377 g/mol. The lowest BCUT2D eigenvalue weighted by atomic mass is 9.89. The van der Waals surface area contributed by atoms with Crippen LogP contribution in [0.2, 0.25) is 0 Å². The van der Waals surface area contributed by atoms with Crippen LogP contribution < -0.4 is 0 Å². The first-order valence-corrected chi connectivity index (χ1v) is 10.3. The molecule has 0 unspecified atom stereocenters. The molecule has 0 amide bonds. The highest BCUT2D eigenvalue weighted by Crippen LogP contribution is 2.40. The Morgan fingerprint density at radius 3 is 2.96 bits per heavy atom. The number of hydrogen-bond acceptors (Lipinski definition) is 6. The molecule has 3 aromatic heterocycles. The zero-order chi connectivity index (χ0) is 17.7. The third kappa shape index (κ3) is 2.81. The minimum atomic E-state index is -0.858. The predicted molar refractivity (Wildman–Crippen MR) is 99.8 cm³/mol. The van der Waals surface area contributed by atoms with Crippen molar-refractivity contribution in [2.24, 2.45) is 5.92 Å². The van der Waals surface area contributed by atoms with E-state index in [-0.39, 0.29) is 11.7 Å². The molecule has 0 saturated heterocycles. The highest BCUT2D eigenvalue weighted by Gasteiger charge is 2.26. The molecule has 0 aliphatic heterocycles. The lowest BCUT2D eigenvalue weighted by Gasteiger charge is -2.17. The Labute approximate surface area is 153 Å². The van der Waals surface area contributed by atoms with E-state index in [1.165, 1.54) is 28.6 Å². The van der Waals surface area contributed by atoms with Crippen molar-refractivity contribution >= 4 is 44.9 Å². The monoisotopic (exact) mass is 376 g/mol. The summed E-state index contributed by atoms with van der Waals surface area (Å²) < 4.78 is 1.96. The second kappa shape index (κ2) is 6.25. The van der Waals surface area contributed by atoms with Crippen LogP contribution >= 0.6 is 23.1 Å². The van der Waals surface area contributed by atoms with Gasteiger partial charge in [0.2, 0.25) is 0 Å². The molecule has 8 heteroatoms. The number of carboxylic acids is 1. The van der Waals surface area contributed by atoms with E-state index in [0.29, 0.717) is 11.1 Å². The van der Waals surface area contributed by atoms with E-state index in [4.69, 9.17) is 10.1 Å². The normalized spacial score (nSPS) is 17.5. The summed E-state index contributed by atoms with van der Waals surface area (Å²) in [6.07, 6.45) is 3.35. The Hall–Kier alpha value is -1.67. The Bertz CT molecular complexity index is 976. The molecule has 0 spiro atoms. The summed E-state index contributed by atoms with van der Waals surface area (Å²) in [7, 11) is 0. The van der Waals surface area contributed by atoms with Gasteiger partial charge in [-0.15, -0.1) is 21.5 Å². The van der Waals surface area contributed by atoms with E-state index < -0.39 is 5.97 Å². The first-order chi connectivity index (χ1) is 12.0. The maximum atomic E-state index is 11.0. The molecule has 1 aliphatic carbocycles. The number of thioether (sulfide) groups is 1.